The van der Waals surface area contributed by atoms with Gasteiger partial charge in [-0.3, -0.25) is 4.98 Å². The van der Waals surface area contributed by atoms with Gasteiger partial charge in [-0.05, 0) is 32.9 Å². The van der Waals surface area contributed by atoms with Crippen molar-refractivity contribution in [3.05, 3.63) is 48.0 Å². The van der Waals surface area contributed by atoms with Crippen LogP contribution in [0, 0.1) is 13.8 Å². The molecule has 3 rings (SSSR count). The monoisotopic (exact) mass is 410 g/mol. The molecule has 1 N–H and O–H groups in total. The van der Waals surface area contributed by atoms with E-state index in [9.17, 15) is 17.2 Å². The van der Waals surface area contributed by atoms with Crippen molar-refractivity contribution in [2.75, 3.05) is 6.61 Å². The Bertz CT molecular complexity index is 1090. The topological polar surface area (TPSA) is 86.1 Å². The van der Waals surface area contributed by atoms with Crippen LogP contribution in [-0.4, -0.2) is 35.8 Å². The van der Waals surface area contributed by atoms with Crippen LogP contribution in [-0.2, 0) is 10.0 Å². The van der Waals surface area contributed by atoms with Gasteiger partial charge in [-0.15, -0.1) is 0 Å². The molecule has 0 aliphatic heterocycles. The lowest BCUT2D eigenvalue weighted by Crippen LogP contribution is -2.37. The fraction of sp³-hybridized carbons (Fsp3) is 0.333. The first kappa shape index (κ1) is 20.2. The van der Waals surface area contributed by atoms with Crippen LogP contribution < -0.4 is 9.46 Å². The Morgan fingerprint density at radius 3 is 2.68 bits per heavy atom. The number of aryl methyl sites for hydroxylation is 1. The second-order valence-electron chi connectivity index (χ2n) is 6.41. The van der Waals surface area contributed by atoms with Crippen LogP contribution in [0.1, 0.15) is 24.9 Å². The van der Waals surface area contributed by atoms with Crippen LogP contribution in [0.25, 0.3) is 10.8 Å². The number of halogens is 2. The van der Waals surface area contributed by atoms with Gasteiger partial charge in [-0.2, -0.15) is 13.9 Å². The van der Waals surface area contributed by atoms with E-state index in [2.05, 4.69) is 14.8 Å². The van der Waals surface area contributed by atoms with E-state index in [1.807, 2.05) is 18.2 Å². The van der Waals surface area contributed by atoms with Gasteiger partial charge in [-0.1, -0.05) is 12.1 Å². The number of benzene rings is 1. The maximum atomic E-state index is 13.0. The third kappa shape index (κ3) is 3.97. The summed E-state index contributed by atoms with van der Waals surface area (Å²) in [5.74, 6) is 0.601. The Kier molecular flexibility index (Phi) is 5.61. The minimum atomic E-state index is -4.04. The van der Waals surface area contributed by atoms with Crippen LogP contribution in [0.3, 0.4) is 0 Å². The van der Waals surface area contributed by atoms with Crippen molar-refractivity contribution in [2.24, 2.45) is 0 Å². The molecule has 0 radical (unpaired) electrons. The third-order valence-corrected chi connectivity index (χ3v) is 6.04. The zero-order valence-electron chi connectivity index (χ0n) is 15.6. The summed E-state index contributed by atoms with van der Waals surface area (Å²) in [4.78, 5) is 3.81. The minimum absolute atomic E-state index is 0.0139. The summed E-state index contributed by atoms with van der Waals surface area (Å²) < 4.78 is 59.9. The van der Waals surface area contributed by atoms with Crippen molar-refractivity contribution in [1.82, 2.24) is 19.5 Å². The highest BCUT2D eigenvalue weighted by Crippen LogP contribution is 2.25. The molecule has 0 saturated heterocycles. The first-order valence-electron chi connectivity index (χ1n) is 8.52. The standard InChI is InChI=1S/C18H20F2N4O3S/c1-11(10-27-16-6-4-5-14-9-21-8-7-15(14)16)23-28(25,26)17-12(2)22-24(13(17)3)18(19)20/h4-9,11,18,23H,10H2,1-3H3/t11-/m0/s1. The molecule has 0 fully saturated rings. The summed E-state index contributed by atoms with van der Waals surface area (Å²) in [6.45, 7) is 1.45. The Hall–Kier alpha value is -2.59. The van der Waals surface area contributed by atoms with Crippen molar-refractivity contribution >= 4 is 20.8 Å². The predicted octanol–water partition coefficient (Wildman–Crippen LogP) is 3.19. The number of alkyl halides is 2. The Morgan fingerprint density at radius 2 is 2.00 bits per heavy atom. The average Bonchev–Trinajstić information content (AvgIpc) is 2.94. The molecule has 2 aromatic heterocycles. The molecule has 28 heavy (non-hydrogen) atoms. The normalized spacial score (nSPS) is 13.2. The first-order chi connectivity index (χ1) is 13.2. The van der Waals surface area contributed by atoms with Gasteiger partial charge in [0.05, 0.1) is 17.4 Å². The molecule has 3 aromatic rings. The summed E-state index contributed by atoms with van der Waals surface area (Å²) in [6.07, 6.45) is 3.36. The number of hydrogen-bond donors (Lipinski definition) is 1. The molecule has 1 aromatic carbocycles. The van der Waals surface area contributed by atoms with Crippen LogP contribution >= 0.6 is 0 Å². The van der Waals surface area contributed by atoms with Crippen molar-refractivity contribution < 1.29 is 21.9 Å². The van der Waals surface area contributed by atoms with Crippen LogP contribution in [0.4, 0.5) is 8.78 Å². The number of sulfonamides is 1. The summed E-state index contributed by atoms with van der Waals surface area (Å²) >= 11 is 0. The van der Waals surface area contributed by atoms with Crippen LogP contribution in [0.15, 0.2) is 41.6 Å². The van der Waals surface area contributed by atoms with Gasteiger partial charge in [-0.25, -0.2) is 17.8 Å². The molecule has 0 amide bonds. The zero-order valence-corrected chi connectivity index (χ0v) is 16.4. The molecule has 0 spiro atoms. The molecule has 0 aliphatic carbocycles. The number of fused-ring (bicyclic) bond motifs is 1. The zero-order chi connectivity index (χ0) is 20.5. The fourth-order valence-corrected chi connectivity index (χ4v) is 4.65. The molecule has 10 heteroatoms. The SMILES string of the molecule is Cc1nn(C(F)F)c(C)c1S(=O)(=O)N[C@@H](C)COc1cccc2cnccc12. The Labute approximate surface area is 161 Å². The first-order valence-corrected chi connectivity index (χ1v) is 10.0. The van der Waals surface area contributed by atoms with Gasteiger partial charge in [0.2, 0.25) is 10.0 Å². The molecule has 0 bridgehead atoms. The molecule has 0 aliphatic rings. The lowest BCUT2D eigenvalue weighted by Gasteiger charge is -2.16. The van der Waals surface area contributed by atoms with E-state index in [4.69, 9.17) is 4.74 Å². The summed E-state index contributed by atoms with van der Waals surface area (Å²) in [6, 6.07) is 6.71. The molecular formula is C18H20F2N4O3S. The third-order valence-electron chi connectivity index (χ3n) is 4.20. The van der Waals surface area contributed by atoms with Crippen LogP contribution in [0.5, 0.6) is 5.75 Å². The molecular weight excluding hydrogens is 390 g/mol. The Morgan fingerprint density at radius 1 is 1.25 bits per heavy atom. The van der Waals surface area contributed by atoms with E-state index in [1.165, 1.54) is 13.8 Å². The highest BCUT2D eigenvalue weighted by Gasteiger charge is 2.28. The van der Waals surface area contributed by atoms with E-state index >= 15 is 0 Å². The number of ether oxygens (including phenoxy) is 1. The second kappa shape index (κ2) is 7.80. The second-order valence-corrected chi connectivity index (χ2v) is 8.06. The maximum absolute atomic E-state index is 13.0. The summed E-state index contributed by atoms with van der Waals surface area (Å²) in [5.41, 5.74) is -0.102. The average molecular weight is 410 g/mol. The van der Waals surface area contributed by atoms with E-state index in [-0.39, 0.29) is 22.9 Å². The molecule has 7 nitrogen and oxygen atoms in total. The molecule has 0 unspecified atom stereocenters. The van der Waals surface area contributed by atoms with E-state index in [0.717, 1.165) is 10.8 Å². The van der Waals surface area contributed by atoms with Gasteiger partial charge >= 0.3 is 6.55 Å². The minimum Gasteiger partial charge on any atom is -0.491 e. The Balaban J connectivity index is 1.75. The molecule has 1 atom stereocenters. The van der Waals surface area contributed by atoms with E-state index in [0.29, 0.717) is 10.4 Å². The fourth-order valence-electron chi connectivity index (χ4n) is 3.02. The van der Waals surface area contributed by atoms with Gasteiger partial charge in [0, 0.05) is 23.2 Å². The van der Waals surface area contributed by atoms with E-state index in [1.54, 1.807) is 25.4 Å². The van der Waals surface area contributed by atoms with E-state index < -0.39 is 22.6 Å². The largest absolute Gasteiger partial charge is 0.491 e. The van der Waals surface area contributed by atoms with Gasteiger partial charge < -0.3 is 4.74 Å². The number of nitrogens with one attached hydrogen (secondary N) is 1. The maximum Gasteiger partial charge on any atom is 0.333 e. The van der Waals surface area contributed by atoms with Crippen molar-refractivity contribution in [1.29, 1.82) is 0 Å². The van der Waals surface area contributed by atoms with Gasteiger partial charge in [0.25, 0.3) is 0 Å². The number of aromatic nitrogens is 3. The quantitative estimate of drug-likeness (QED) is 0.647. The number of hydrogen-bond acceptors (Lipinski definition) is 5. The number of pyridine rings is 1. The predicted molar refractivity (Wildman–Crippen MR) is 100.0 cm³/mol. The number of nitrogens with zero attached hydrogens (tertiary/aromatic N) is 3. The highest BCUT2D eigenvalue weighted by molar-refractivity contribution is 7.89. The van der Waals surface area contributed by atoms with Gasteiger partial charge in [0.15, 0.2) is 0 Å². The lowest BCUT2D eigenvalue weighted by molar-refractivity contribution is 0.0538. The molecule has 150 valence electrons. The molecule has 0 saturated carbocycles. The van der Waals surface area contributed by atoms with Crippen molar-refractivity contribution in [3.8, 4) is 5.75 Å². The summed E-state index contributed by atoms with van der Waals surface area (Å²) in [7, 11) is -4.04. The van der Waals surface area contributed by atoms with Gasteiger partial charge in [0.1, 0.15) is 17.3 Å². The summed E-state index contributed by atoms with van der Waals surface area (Å²) in [5, 5.41) is 5.38. The molecule has 2 heterocycles. The highest BCUT2D eigenvalue weighted by atomic mass is 32.2. The van der Waals surface area contributed by atoms with Crippen molar-refractivity contribution in [3.63, 3.8) is 0 Å². The van der Waals surface area contributed by atoms with Crippen LogP contribution in [0.2, 0.25) is 0 Å². The lowest BCUT2D eigenvalue weighted by atomic mass is 10.1. The van der Waals surface area contributed by atoms with Crippen molar-refractivity contribution in [2.45, 2.75) is 38.3 Å². The smallest absolute Gasteiger partial charge is 0.333 e. The number of rotatable bonds is 7.